The molecule has 0 heterocycles. The number of rotatable bonds is 7. The second-order valence-electron chi connectivity index (χ2n) is 2.79. The molecule has 65 valence electrons. The highest BCUT2D eigenvalue weighted by Crippen LogP contribution is 2.04. The highest BCUT2D eigenvalue weighted by Gasteiger charge is 1.93. The molecule has 0 aliphatic rings. The Morgan fingerprint density at radius 1 is 1.36 bits per heavy atom. The Morgan fingerprint density at radius 2 is 2.00 bits per heavy atom. The summed E-state index contributed by atoms with van der Waals surface area (Å²) in [6, 6.07) is 0. The smallest absolute Gasteiger partial charge is 0.217 e. The Kier molecular flexibility index (Phi) is 7.21. The van der Waals surface area contributed by atoms with Gasteiger partial charge in [0.25, 0.3) is 0 Å². The van der Waals surface area contributed by atoms with E-state index in [9.17, 15) is 4.79 Å². The largest absolute Gasteiger partial charge is 0.370 e. The average Bonchev–Trinajstić information content (AvgIpc) is 1.96. The lowest BCUT2D eigenvalue weighted by atomic mass is 10.1. The molecule has 0 rings (SSSR count). The number of amides is 1. The molecule has 2 N–H and O–H groups in total. The minimum atomic E-state index is -0.186. The van der Waals surface area contributed by atoms with Gasteiger partial charge in [-0.2, -0.15) is 0 Å². The second kappa shape index (κ2) is 7.58. The molecular weight excluding hydrogens is 138 g/mol. The van der Waals surface area contributed by atoms with Crippen molar-refractivity contribution in [2.75, 3.05) is 0 Å². The van der Waals surface area contributed by atoms with Crippen LogP contribution in [0.5, 0.6) is 0 Å². The van der Waals surface area contributed by atoms with Gasteiger partial charge in [-0.05, 0) is 19.3 Å². The van der Waals surface area contributed by atoms with E-state index in [0.29, 0.717) is 6.42 Å². The van der Waals surface area contributed by atoms with Crippen molar-refractivity contribution in [3.05, 3.63) is 6.42 Å². The number of nitrogens with two attached hydrogens (primary N) is 1. The van der Waals surface area contributed by atoms with Gasteiger partial charge in [0.05, 0.1) is 0 Å². The number of unbranched alkanes of at least 4 members (excludes halogenated alkanes) is 5. The quantitative estimate of drug-likeness (QED) is 0.563. The fraction of sp³-hybridized carbons (Fsp3) is 0.778. The summed E-state index contributed by atoms with van der Waals surface area (Å²) in [5.41, 5.74) is 4.98. The standard InChI is InChI=1S/C9H18NO/c1-2-3-4-5-6-7-8-9(10)11/h5H,2-4,6-8H2,1H3,(H2,10,11). The van der Waals surface area contributed by atoms with Crippen molar-refractivity contribution in [1.29, 1.82) is 0 Å². The molecule has 0 saturated carbocycles. The van der Waals surface area contributed by atoms with Crippen molar-refractivity contribution in [1.82, 2.24) is 0 Å². The molecule has 0 atom stereocenters. The predicted molar refractivity (Wildman–Crippen MR) is 46.9 cm³/mol. The zero-order chi connectivity index (χ0) is 8.53. The van der Waals surface area contributed by atoms with Crippen LogP contribution in [0.15, 0.2) is 0 Å². The lowest BCUT2D eigenvalue weighted by molar-refractivity contribution is -0.118. The summed E-state index contributed by atoms with van der Waals surface area (Å²) in [5.74, 6) is -0.186. The van der Waals surface area contributed by atoms with Crippen LogP contribution in [-0.4, -0.2) is 5.91 Å². The zero-order valence-electron chi connectivity index (χ0n) is 7.31. The maximum absolute atomic E-state index is 10.3. The van der Waals surface area contributed by atoms with Crippen molar-refractivity contribution in [2.24, 2.45) is 5.73 Å². The molecule has 0 saturated heterocycles. The Labute approximate surface area is 69.2 Å². The van der Waals surface area contributed by atoms with Crippen LogP contribution in [0.2, 0.25) is 0 Å². The Balaban J connectivity index is 2.85. The van der Waals surface area contributed by atoms with Crippen LogP contribution < -0.4 is 5.73 Å². The van der Waals surface area contributed by atoms with E-state index in [4.69, 9.17) is 5.73 Å². The van der Waals surface area contributed by atoms with Gasteiger partial charge in [0.15, 0.2) is 0 Å². The molecule has 0 aliphatic heterocycles. The topological polar surface area (TPSA) is 43.1 Å². The van der Waals surface area contributed by atoms with Gasteiger partial charge in [-0.15, -0.1) is 0 Å². The monoisotopic (exact) mass is 156 g/mol. The number of carbonyl (C=O) groups is 1. The Hall–Kier alpha value is -0.530. The minimum absolute atomic E-state index is 0.186. The predicted octanol–water partition coefficient (Wildman–Crippen LogP) is 2.04. The molecule has 0 aromatic rings. The van der Waals surface area contributed by atoms with E-state index in [1.807, 2.05) is 0 Å². The minimum Gasteiger partial charge on any atom is -0.370 e. The molecule has 0 fully saturated rings. The molecule has 1 radical (unpaired) electrons. The summed E-state index contributed by atoms with van der Waals surface area (Å²) in [4.78, 5) is 10.3. The third-order valence-electron chi connectivity index (χ3n) is 1.59. The van der Waals surface area contributed by atoms with E-state index in [-0.39, 0.29) is 5.91 Å². The molecule has 0 aromatic heterocycles. The van der Waals surface area contributed by atoms with Crippen molar-refractivity contribution in [3.8, 4) is 0 Å². The van der Waals surface area contributed by atoms with Crippen LogP contribution in [0.4, 0.5) is 0 Å². The van der Waals surface area contributed by atoms with Crippen molar-refractivity contribution in [2.45, 2.75) is 45.4 Å². The van der Waals surface area contributed by atoms with E-state index in [2.05, 4.69) is 13.3 Å². The first kappa shape index (κ1) is 10.5. The number of primary amides is 1. The lowest BCUT2D eigenvalue weighted by Crippen LogP contribution is -2.09. The number of hydrogen-bond acceptors (Lipinski definition) is 1. The van der Waals surface area contributed by atoms with E-state index in [0.717, 1.165) is 12.8 Å². The molecule has 2 nitrogen and oxygen atoms in total. The number of carbonyl (C=O) groups excluding carboxylic acids is 1. The molecule has 0 unspecified atom stereocenters. The lowest BCUT2D eigenvalue weighted by Gasteiger charge is -1.97. The van der Waals surface area contributed by atoms with Crippen molar-refractivity contribution < 1.29 is 4.79 Å². The van der Waals surface area contributed by atoms with Gasteiger partial charge in [-0.25, -0.2) is 0 Å². The summed E-state index contributed by atoms with van der Waals surface area (Å²) in [5, 5.41) is 0. The third-order valence-corrected chi connectivity index (χ3v) is 1.59. The normalized spacial score (nSPS) is 9.91. The van der Waals surface area contributed by atoms with Crippen LogP contribution >= 0.6 is 0 Å². The van der Waals surface area contributed by atoms with Crippen molar-refractivity contribution >= 4 is 5.91 Å². The van der Waals surface area contributed by atoms with Crippen LogP contribution in [0.25, 0.3) is 0 Å². The van der Waals surface area contributed by atoms with Gasteiger partial charge < -0.3 is 5.73 Å². The summed E-state index contributed by atoms with van der Waals surface area (Å²) in [6.45, 7) is 2.18. The SMILES string of the molecule is CCCC[CH]CCCC(N)=O. The molecular formula is C9H18NO. The molecule has 2 heteroatoms. The van der Waals surface area contributed by atoms with Crippen molar-refractivity contribution in [3.63, 3.8) is 0 Å². The molecule has 11 heavy (non-hydrogen) atoms. The van der Waals surface area contributed by atoms with Crippen LogP contribution in [0, 0.1) is 6.42 Å². The first-order valence-corrected chi connectivity index (χ1v) is 4.37. The summed E-state index contributed by atoms with van der Waals surface area (Å²) < 4.78 is 0. The molecule has 0 aliphatic carbocycles. The summed E-state index contributed by atoms with van der Waals surface area (Å²) in [7, 11) is 0. The Bertz CT molecular complexity index is 102. The highest BCUT2D eigenvalue weighted by molar-refractivity contribution is 5.73. The molecule has 1 amide bonds. The highest BCUT2D eigenvalue weighted by atomic mass is 16.1. The maximum Gasteiger partial charge on any atom is 0.217 e. The van der Waals surface area contributed by atoms with Crippen LogP contribution in [0.3, 0.4) is 0 Å². The van der Waals surface area contributed by atoms with E-state index in [1.54, 1.807) is 0 Å². The van der Waals surface area contributed by atoms with E-state index < -0.39 is 0 Å². The second-order valence-corrected chi connectivity index (χ2v) is 2.79. The first-order chi connectivity index (χ1) is 5.27. The van der Waals surface area contributed by atoms with Crippen LogP contribution in [-0.2, 0) is 4.79 Å². The summed E-state index contributed by atoms with van der Waals surface area (Å²) >= 11 is 0. The van der Waals surface area contributed by atoms with Gasteiger partial charge in [0, 0.05) is 6.42 Å². The molecule has 0 bridgehead atoms. The Morgan fingerprint density at radius 3 is 2.55 bits per heavy atom. The van der Waals surface area contributed by atoms with Gasteiger partial charge in [0.1, 0.15) is 0 Å². The maximum atomic E-state index is 10.3. The van der Waals surface area contributed by atoms with Gasteiger partial charge in [-0.3, -0.25) is 4.79 Å². The first-order valence-electron chi connectivity index (χ1n) is 4.37. The van der Waals surface area contributed by atoms with Crippen LogP contribution in [0.1, 0.15) is 45.4 Å². The zero-order valence-corrected chi connectivity index (χ0v) is 7.31. The summed E-state index contributed by atoms with van der Waals surface area (Å²) in [6.07, 6.45) is 8.40. The van der Waals surface area contributed by atoms with E-state index >= 15 is 0 Å². The van der Waals surface area contributed by atoms with Gasteiger partial charge in [-0.1, -0.05) is 26.2 Å². The van der Waals surface area contributed by atoms with Gasteiger partial charge >= 0.3 is 0 Å². The number of hydrogen-bond donors (Lipinski definition) is 1. The molecule has 0 spiro atoms. The third kappa shape index (κ3) is 9.47. The molecule has 0 aromatic carbocycles. The fourth-order valence-electron chi connectivity index (χ4n) is 0.913. The van der Waals surface area contributed by atoms with E-state index in [1.165, 1.54) is 19.3 Å². The average molecular weight is 156 g/mol. The fourth-order valence-corrected chi connectivity index (χ4v) is 0.913. The van der Waals surface area contributed by atoms with Gasteiger partial charge in [0.2, 0.25) is 5.91 Å².